The van der Waals surface area contributed by atoms with Crippen molar-refractivity contribution < 1.29 is 9.18 Å². The molecule has 1 unspecified atom stereocenters. The van der Waals surface area contributed by atoms with Crippen molar-refractivity contribution >= 4 is 17.4 Å². The Morgan fingerprint density at radius 3 is 2.48 bits per heavy atom. The molecule has 2 fully saturated rings. The van der Waals surface area contributed by atoms with Crippen LogP contribution in [0.25, 0.3) is 0 Å². The summed E-state index contributed by atoms with van der Waals surface area (Å²) in [6.07, 6.45) is 7.58. The molecule has 4 rings (SSSR count). The number of hydrogen-bond donors (Lipinski definition) is 0. The minimum atomic E-state index is -0.188. The Hall–Kier alpha value is -2.70. The van der Waals surface area contributed by atoms with Gasteiger partial charge in [0.1, 0.15) is 17.3 Å². The zero-order valence-corrected chi connectivity index (χ0v) is 16.9. The molecule has 1 aromatic carbocycles. The van der Waals surface area contributed by atoms with Gasteiger partial charge in [-0.3, -0.25) is 4.79 Å². The van der Waals surface area contributed by atoms with Crippen LogP contribution >= 0.6 is 0 Å². The highest BCUT2D eigenvalue weighted by Gasteiger charge is 2.27. The average Bonchev–Trinajstić information content (AvgIpc) is 2.79. The molecule has 3 heterocycles. The van der Waals surface area contributed by atoms with Crippen LogP contribution < -0.4 is 9.80 Å². The number of nitrogens with zero attached hydrogens (tertiary/aromatic N) is 5. The van der Waals surface area contributed by atoms with E-state index in [2.05, 4.69) is 26.7 Å². The van der Waals surface area contributed by atoms with E-state index in [1.54, 1.807) is 18.5 Å². The van der Waals surface area contributed by atoms with Crippen molar-refractivity contribution in [2.45, 2.75) is 38.6 Å². The summed E-state index contributed by atoms with van der Waals surface area (Å²) >= 11 is 0. The fourth-order valence-corrected chi connectivity index (χ4v) is 4.32. The molecule has 1 aromatic heterocycles. The molecule has 1 amide bonds. The predicted octanol–water partition coefficient (Wildman–Crippen LogP) is 3.35. The molecule has 2 aromatic rings. The highest BCUT2D eigenvalue weighted by atomic mass is 19.1. The number of amides is 1. The largest absolute Gasteiger partial charge is 0.366 e. The minimum absolute atomic E-state index is 0.0139. The van der Waals surface area contributed by atoms with E-state index in [4.69, 9.17) is 0 Å². The summed E-state index contributed by atoms with van der Waals surface area (Å²) in [4.78, 5) is 27.9. The summed E-state index contributed by atoms with van der Waals surface area (Å²) < 4.78 is 14.0. The molecule has 0 aliphatic carbocycles. The Morgan fingerprint density at radius 2 is 1.79 bits per heavy atom. The molecule has 7 heteroatoms. The van der Waals surface area contributed by atoms with Crippen molar-refractivity contribution in [1.82, 2.24) is 14.9 Å². The maximum Gasteiger partial charge on any atom is 0.274 e. The van der Waals surface area contributed by atoms with Crippen molar-refractivity contribution in [1.29, 1.82) is 0 Å². The van der Waals surface area contributed by atoms with E-state index in [1.807, 2.05) is 17.0 Å². The van der Waals surface area contributed by atoms with E-state index in [9.17, 15) is 9.18 Å². The summed E-state index contributed by atoms with van der Waals surface area (Å²) in [5.74, 6) is 0.562. The second-order valence-electron chi connectivity index (χ2n) is 7.74. The molecule has 6 nitrogen and oxygen atoms in total. The number of likely N-dealkylation sites (tertiary alicyclic amines) is 1. The van der Waals surface area contributed by atoms with E-state index >= 15 is 0 Å². The van der Waals surface area contributed by atoms with Crippen LogP contribution in [0.3, 0.4) is 0 Å². The molecule has 0 spiro atoms. The number of carbonyl (C=O) groups excluding carboxylic acids is 1. The van der Waals surface area contributed by atoms with Gasteiger partial charge >= 0.3 is 0 Å². The summed E-state index contributed by atoms with van der Waals surface area (Å²) in [5.41, 5.74) is 1.06. The first kappa shape index (κ1) is 19.6. The predicted molar refractivity (Wildman–Crippen MR) is 112 cm³/mol. The van der Waals surface area contributed by atoms with Crippen molar-refractivity contribution in [3.8, 4) is 0 Å². The van der Waals surface area contributed by atoms with Crippen molar-refractivity contribution in [2.24, 2.45) is 0 Å². The van der Waals surface area contributed by atoms with Gasteiger partial charge in [-0.2, -0.15) is 0 Å². The first-order valence-corrected chi connectivity index (χ1v) is 10.5. The average molecular weight is 397 g/mol. The standard InChI is InChI=1S/C22H28FN5O/c1-2-17-7-5-6-10-28(17)22(29)19-15-25-21(16-24-19)27-13-11-26(12-14-27)20-9-4-3-8-18(20)23/h3-4,8-9,15-17H,2,5-7,10-14H2,1H3. The fraction of sp³-hybridized carbons (Fsp3) is 0.500. The van der Waals surface area contributed by atoms with E-state index in [-0.39, 0.29) is 11.7 Å². The van der Waals surface area contributed by atoms with Gasteiger partial charge in [0.25, 0.3) is 5.91 Å². The number of carbonyl (C=O) groups is 1. The van der Waals surface area contributed by atoms with Crippen molar-refractivity contribution in [3.05, 3.63) is 48.2 Å². The summed E-state index contributed by atoms with van der Waals surface area (Å²) in [6, 6.07) is 7.19. The zero-order valence-electron chi connectivity index (χ0n) is 16.9. The molecule has 29 heavy (non-hydrogen) atoms. The molecule has 0 radical (unpaired) electrons. The number of aromatic nitrogens is 2. The molecule has 2 aliphatic heterocycles. The lowest BCUT2D eigenvalue weighted by molar-refractivity contribution is 0.0601. The molecule has 2 saturated heterocycles. The quantitative estimate of drug-likeness (QED) is 0.792. The number of anilines is 2. The Balaban J connectivity index is 1.39. The monoisotopic (exact) mass is 397 g/mol. The number of benzene rings is 1. The van der Waals surface area contributed by atoms with Crippen LogP contribution in [-0.2, 0) is 0 Å². The number of halogens is 1. The van der Waals surface area contributed by atoms with Gasteiger partial charge in [0.05, 0.1) is 18.1 Å². The lowest BCUT2D eigenvalue weighted by Gasteiger charge is -2.37. The first-order chi connectivity index (χ1) is 14.2. The number of hydrogen-bond acceptors (Lipinski definition) is 5. The third-order valence-electron chi connectivity index (χ3n) is 6.01. The van der Waals surface area contributed by atoms with Gasteiger partial charge in [-0.15, -0.1) is 0 Å². The van der Waals surface area contributed by atoms with Gasteiger partial charge in [-0.05, 0) is 37.8 Å². The van der Waals surface area contributed by atoms with Crippen LogP contribution in [0.2, 0.25) is 0 Å². The molecular formula is C22H28FN5O. The molecule has 1 atom stereocenters. The molecular weight excluding hydrogens is 369 g/mol. The van der Waals surface area contributed by atoms with Gasteiger partial charge in [-0.1, -0.05) is 19.1 Å². The van der Waals surface area contributed by atoms with Gasteiger partial charge < -0.3 is 14.7 Å². The van der Waals surface area contributed by atoms with Crippen LogP contribution in [0.1, 0.15) is 43.1 Å². The van der Waals surface area contributed by atoms with Crippen LogP contribution in [0.15, 0.2) is 36.7 Å². The Morgan fingerprint density at radius 1 is 1.03 bits per heavy atom. The van der Waals surface area contributed by atoms with Gasteiger partial charge in [0.15, 0.2) is 0 Å². The maximum absolute atomic E-state index is 14.0. The van der Waals surface area contributed by atoms with Gasteiger partial charge in [0, 0.05) is 38.8 Å². The van der Waals surface area contributed by atoms with Crippen LogP contribution in [0, 0.1) is 5.82 Å². The summed E-state index contributed by atoms with van der Waals surface area (Å²) in [6.45, 7) is 5.84. The normalized spacial score (nSPS) is 20.1. The second-order valence-corrected chi connectivity index (χ2v) is 7.74. The summed E-state index contributed by atoms with van der Waals surface area (Å²) in [7, 11) is 0. The number of piperazine rings is 1. The van der Waals surface area contributed by atoms with E-state index in [0.717, 1.165) is 57.8 Å². The third-order valence-corrected chi connectivity index (χ3v) is 6.01. The SMILES string of the molecule is CCC1CCCCN1C(=O)c1cnc(N2CCN(c3ccccc3F)CC2)cn1. The zero-order chi connectivity index (χ0) is 20.2. The lowest BCUT2D eigenvalue weighted by Crippen LogP contribution is -2.47. The van der Waals surface area contributed by atoms with Gasteiger partial charge in [-0.25, -0.2) is 14.4 Å². The molecule has 2 aliphatic rings. The smallest absolute Gasteiger partial charge is 0.274 e. The molecule has 154 valence electrons. The van der Waals surface area contributed by atoms with Crippen molar-refractivity contribution in [2.75, 3.05) is 42.5 Å². The van der Waals surface area contributed by atoms with Gasteiger partial charge in [0.2, 0.25) is 0 Å². The van der Waals surface area contributed by atoms with E-state index in [0.29, 0.717) is 17.4 Å². The number of piperidine rings is 1. The summed E-state index contributed by atoms with van der Waals surface area (Å²) in [5, 5.41) is 0. The number of rotatable bonds is 4. The molecule has 0 bridgehead atoms. The van der Waals surface area contributed by atoms with Crippen LogP contribution in [-0.4, -0.2) is 59.5 Å². The highest BCUT2D eigenvalue weighted by molar-refractivity contribution is 5.92. The molecule has 0 saturated carbocycles. The van der Waals surface area contributed by atoms with Crippen LogP contribution in [0.5, 0.6) is 0 Å². The highest BCUT2D eigenvalue weighted by Crippen LogP contribution is 2.23. The van der Waals surface area contributed by atoms with E-state index in [1.165, 1.54) is 12.5 Å². The third kappa shape index (κ3) is 4.18. The fourth-order valence-electron chi connectivity index (χ4n) is 4.32. The lowest BCUT2D eigenvalue weighted by atomic mass is 10.00. The Kier molecular flexibility index (Phi) is 5.92. The minimum Gasteiger partial charge on any atom is -0.366 e. The number of para-hydroxylation sites is 1. The first-order valence-electron chi connectivity index (χ1n) is 10.5. The second kappa shape index (κ2) is 8.76. The van der Waals surface area contributed by atoms with E-state index < -0.39 is 0 Å². The topological polar surface area (TPSA) is 52.6 Å². The van der Waals surface area contributed by atoms with Crippen molar-refractivity contribution in [3.63, 3.8) is 0 Å². The van der Waals surface area contributed by atoms with Crippen LogP contribution in [0.4, 0.5) is 15.9 Å². The molecule has 0 N–H and O–H groups in total. The Labute approximate surface area is 171 Å². The maximum atomic E-state index is 14.0. The Bertz CT molecular complexity index is 835.